The molecular formula is C69H78N6O10. The topological polar surface area (TPSA) is 252 Å². The van der Waals surface area contributed by atoms with E-state index in [9.17, 15) is 19.2 Å². The molecule has 1 atom stereocenters. The van der Waals surface area contributed by atoms with Gasteiger partial charge >= 0.3 is 17.9 Å². The van der Waals surface area contributed by atoms with Gasteiger partial charge in [-0.3, -0.25) is 4.79 Å². The maximum Gasteiger partial charge on any atom is 0.343 e. The zero-order chi connectivity index (χ0) is 60.8. The number of anilines is 6. The van der Waals surface area contributed by atoms with E-state index in [1.165, 1.54) is 0 Å². The first kappa shape index (κ1) is 64.2. The van der Waals surface area contributed by atoms with E-state index in [2.05, 4.69) is 41.5 Å². The summed E-state index contributed by atoms with van der Waals surface area (Å²) in [4.78, 5) is 45.8. The third-order valence-corrected chi connectivity index (χ3v) is 13.4. The molecule has 10 N–H and O–H groups in total. The molecule has 1 aliphatic rings. The molecule has 85 heavy (non-hydrogen) atoms. The quantitative estimate of drug-likeness (QED) is 0.00592. The summed E-state index contributed by atoms with van der Waals surface area (Å²) in [5.41, 5.74) is 30.1. The summed E-state index contributed by atoms with van der Waals surface area (Å²) in [5, 5.41) is 11.5. The minimum Gasteiger partial charge on any atom is -0.494 e. The van der Waals surface area contributed by atoms with E-state index in [0.29, 0.717) is 72.7 Å². The van der Waals surface area contributed by atoms with Crippen LogP contribution in [0.15, 0.2) is 189 Å². The highest BCUT2D eigenvalue weighted by Gasteiger charge is 2.30. The lowest BCUT2D eigenvalue weighted by Crippen LogP contribution is -2.45. The van der Waals surface area contributed by atoms with Crippen molar-refractivity contribution < 1.29 is 47.6 Å². The molecular weight excluding hydrogens is 1070 g/mol. The number of carbonyl (C=O) groups excluding carboxylic acids is 4. The number of benzene rings is 8. The molecule has 16 nitrogen and oxygen atoms in total. The number of rotatable bonds is 25. The highest BCUT2D eigenvalue weighted by molar-refractivity contribution is 6.10. The van der Waals surface area contributed by atoms with Gasteiger partial charge in [0.25, 0.3) is 6.47 Å². The fourth-order valence-corrected chi connectivity index (χ4v) is 8.95. The van der Waals surface area contributed by atoms with Crippen molar-refractivity contribution in [2.24, 2.45) is 0 Å². The van der Waals surface area contributed by atoms with Gasteiger partial charge in [-0.15, -0.1) is 6.58 Å². The number of fused-ring (bicyclic) bond motifs is 1. The summed E-state index contributed by atoms with van der Waals surface area (Å²) in [6.07, 6.45) is 12.0. The number of nitrogens with two attached hydrogens (primary N) is 4. The molecule has 0 radical (unpaired) electrons. The second-order valence-electron chi connectivity index (χ2n) is 20.1. The van der Waals surface area contributed by atoms with Crippen LogP contribution in [0.25, 0.3) is 21.5 Å². The Morgan fingerprint density at radius 3 is 1.45 bits per heavy atom. The predicted molar refractivity (Wildman–Crippen MR) is 342 cm³/mol. The van der Waals surface area contributed by atoms with Crippen molar-refractivity contribution in [2.75, 3.05) is 60.0 Å². The van der Waals surface area contributed by atoms with Gasteiger partial charge in [0.15, 0.2) is 0 Å². The van der Waals surface area contributed by atoms with Gasteiger partial charge in [0.1, 0.15) is 28.7 Å². The van der Waals surface area contributed by atoms with Crippen LogP contribution in [0.1, 0.15) is 97.9 Å². The number of nitrogen functional groups attached to an aromatic ring is 4. The van der Waals surface area contributed by atoms with Gasteiger partial charge in [-0.1, -0.05) is 61.2 Å². The van der Waals surface area contributed by atoms with Crippen molar-refractivity contribution in [2.45, 2.75) is 83.7 Å². The Labute approximate surface area is 498 Å². The van der Waals surface area contributed by atoms with E-state index in [1.54, 1.807) is 78.9 Å². The molecule has 0 saturated carbocycles. The molecule has 0 saturated heterocycles. The van der Waals surface area contributed by atoms with Gasteiger partial charge in [-0.2, -0.15) is 0 Å². The number of carbonyl (C=O) groups is 4. The van der Waals surface area contributed by atoms with Crippen molar-refractivity contribution in [3.8, 4) is 23.0 Å². The SMILES string of the molecule is C=CC.C=CC(=O)OCCCCCCOc1ccc(C(=O)Oc2ccc(N)cc2)cc1.CC1(CCc2ccc(OC(=O)c3ccc(OCCCCCCOC=O)cc3)cc2)Nc2cccc3c(N)ccc(c23)N1.Nc1ccc(N)c2ccccc12. The lowest BCUT2D eigenvalue weighted by Gasteiger charge is -2.39. The first-order valence-electron chi connectivity index (χ1n) is 28.4. The Hall–Kier alpha value is -9.96. The molecule has 0 bridgehead atoms. The van der Waals surface area contributed by atoms with Crippen LogP contribution < -0.4 is 52.5 Å². The van der Waals surface area contributed by atoms with Gasteiger partial charge in [0.05, 0.1) is 37.6 Å². The molecule has 9 rings (SSSR count). The lowest BCUT2D eigenvalue weighted by atomic mass is 9.95. The van der Waals surface area contributed by atoms with Crippen LogP contribution in [0.4, 0.5) is 34.1 Å². The molecule has 0 spiro atoms. The molecule has 8 aromatic rings. The minimum atomic E-state index is -0.437. The standard InChI is InChI=1S/C34H37N3O5.C22H25NO5.C10H10N2.C3H6/c1-34(36-30-8-6-7-28-29(35)17-18-31(37-34)32(28)30)20-19-24-9-13-27(14-10-24)42-33(39)25-11-15-26(16-12-25)41-22-5-3-2-4-21-40-23-38;1-2-21(24)27-16-6-4-3-5-15-26-19-11-7-17(8-12-19)22(25)28-20-13-9-18(23)10-14-20;11-9-5-6-10(12)8-4-2-1-3-7(8)9;1-3-2/h6-18,23,36-37H,2-5,19-22,35H2,1H3;2,7-14H,1,3-6,15-16,23H2;1-6H,11-12H2;3H,1H2,2H3. The average Bonchev–Trinajstić information content (AvgIpc) is 1.38. The van der Waals surface area contributed by atoms with Crippen LogP contribution in [0.2, 0.25) is 0 Å². The molecule has 0 aromatic heterocycles. The first-order valence-corrected chi connectivity index (χ1v) is 28.4. The fourth-order valence-electron chi connectivity index (χ4n) is 8.95. The molecule has 0 fully saturated rings. The Morgan fingerprint density at radius 1 is 0.506 bits per heavy atom. The van der Waals surface area contributed by atoms with Gasteiger partial charge in [-0.25, -0.2) is 14.4 Å². The molecule has 16 heteroatoms. The summed E-state index contributed by atoms with van der Waals surface area (Å²) in [7, 11) is 0. The van der Waals surface area contributed by atoms with Crippen molar-refractivity contribution >= 4 is 80.0 Å². The summed E-state index contributed by atoms with van der Waals surface area (Å²) >= 11 is 0. The minimum absolute atomic E-state index is 0.328. The van der Waals surface area contributed by atoms with E-state index >= 15 is 0 Å². The second kappa shape index (κ2) is 33.8. The van der Waals surface area contributed by atoms with Crippen LogP contribution in [-0.2, 0) is 25.5 Å². The van der Waals surface area contributed by atoms with Crippen LogP contribution in [0.3, 0.4) is 0 Å². The monoisotopic (exact) mass is 1150 g/mol. The second-order valence-corrected chi connectivity index (χ2v) is 20.1. The van der Waals surface area contributed by atoms with Crippen molar-refractivity contribution in [3.05, 3.63) is 206 Å². The van der Waals surface area contributed by atoms with E-state index < -0.39 is 11.9 Å². The number of aryl methyl sites for hydroxylation is 1. The smallest absolute Gasteiger partial charge is 0.343 e. The highest BCUT2D eigenvalue weighted by Crippen LogP contribution is 2.41. The maximum absolute atomic E-state index is 12.7. The zero-order valence-electron chi connectivity index (χ0n) is 48.5. The van der Waals surface area contributed by atoms with Crippen molar-refractivity contribution in [1.29, 1.82) is 0 Å². The zero-order valence-corrected chi connectivity index (χ0v) is 48.5. The van der Waals surface area contributed by atoms with Crippen molar-refractivity contribution in [1.82, 2.24) is 0 Å². The molecule has 0 aliphatic carbocycles. The number of hydrogen-bond acceptors (Lipinski definition) is 16. The predicted octanol–water partition coefficient (Wildman–Crippen LogP) is 14.3. The van der Waals surface area contributed by atoms with Crippen LogP contribution in [0, 0.1) is 0 Å². The van der Waals surface area contributed by atoms with E-state index in [1.807, 2.05) is 91.9 Å². The Kier molecular flexibility index (Phi) is 25.6. The summed E-state index contributed by atoms with van der Waals surface area (Å²) in [6.45, 7) is 13.3. The fraction of sp³-hybridized carbons (Fsp3) is 0.246. The molecule has 8 aromatic carbocycles. The van der Waals surface area contributed by atoms with E-state index in [0.717, 1.165) is 126 Å². The van der Waals surface area contributed by atoms with Gasteiger partial charge in [-0.05, 0) is 199 Å². The number of allylic oxidation sites excluding steroid dienone is 1. The summed E-state index contributed by atoms with van der Waals surface area (Å²) in [6, 6.07) is 49.8. The molecule has 1 unspecified atom stereocenters. The number of ether oxygens (including phenoxy) is 6. The molecule has 1 heterocycles. The number of nitrogens with one attached hydrogen (secondary N) is 2. The van der Waals surface area contributed by atoms with Gasteiger partial charge in [0, 0.05) is 61.7 Å². The third kappa shape index (κ3) is 20.8. The third-order valence-electron chi connectivity index (χ3n) is 13.4. The first-order chi connectivity index (χ1) is 41.2. The Bertz CT molecular complexity index is 3370. The van der Waals surface area contributed by atoms with Gasteiger partial charge in [0.2, 0.25) is 0 Å². The van der Waals surface area contributed by atoms with E-state index in [4.69, 9.17) is 46.6 Å². The van der Waals surface area contributed by atoms with Crippen LogP contribution >= 0.6 is 0 Å². The van der Waals surface area contributed by atoms with Gasteiger partial charge < -0.3 is 62.0 Å². The highest BCUT2D eigenvalue weighted by atomic mass is 16.5. The van der Waals surface area contributed by atoms with E-state index in [-0.39, 0.29) is 11.6 Å². The molecule has 444 valence electrons. The largest absolute Gasteiger partial charge is 0.494 e. The molecule has 0 amide bonds. The normalized spacial score (nSPS) is 12.5. The maximum atomic E-state index is 12.7. The Balaban J connectivity index is 0.000000229. The number of unbranched alkanes of at least 4 members (excludes halogenated alkanes) is 6. The lowest BCUT2D eigenvalue weighted by molar-refractivity contribution is -0.137. The van der Waals surface area contributed by atoms with Crippen LogP contribution in [0.5, 0.6) is 23.0 Å². The number of hydrogen-bond donors (Lipinski definition) is 6. The summed E-state index contributed by atoms with van der Waals surface area (Å²) < 4.78 is 31.9. The average molecular weight is 1150 g/mol. The Morgan fingerprint density at radius 2 is 0.941 bits per heavy atom. The summed E-state index contributed by atoms with van der Waals surface area (Å²) in [5.74, 6) is 1.12. The molecule has 1 aliphatic heterocycles. The number of esters is 3. The van der Waals surface area contributed by atoms with Crippen molar-refractivity contribution in [3.63, 3.8) is 0 Å². The van der Waals surface area contributed by atoms with Crippen LogP contribution in [-0.4, -0.2) is 56.5 Å².